The van der Waals surface area contributed by atoms with Crippen LogP contribution in [-0.4, -0.2) is 52.2 Å². The van der Waals surface area contributed by atoms with Crippen molar-refractivity contribution in [2.75, 3.05) is 5.32 Å². The standard InChI is InChI=1S/C23H25F3N2O5S/c1-4-16-11-17(19(29)14-6-8-15(9-7-14)33-23(24,25)26)21(34-16)27-20(30)13(3)28-12(2)5-10-18(28)22(31)32/h6-9,11-13,18H,4-5,10H2,1-3H3,(H,27,30)(H,31,32)/t12?,13?,18-/m1/s1. The Hall–Kier alpha value is -2.92. The van der Waals surface area contributed by atoms with Crippen molar-refractivity contribution in [1.82, 2.24) is 4.90 Å². The lowest BCUT2D eigenvalue weighted by molar-refractivity contribution is -0.274. The van der Waals surface area contributed by atoms with Gasteiger partial charge in [-0.3, -0.25) is 19.3 Å². The maximum atomic E-state index is 13.1. The van der Waals surface area contributed by atoms with Gasteiger partial charge in [-0.05, 0) is 63.4 Å². The zero-order valence-corrected chi connectivity index (χ0v) is 19.6. The van der Waals surface area contributed by atoms with Gasteiger partial charge in [0.1, 0.15) is 16.8 Å². The third-order valence-electron chi connectivity index (χ3n) is 5.80. The zero-order chi connectivity index (χ0) is 25.2. The molecule has 184 valence electrons. The van der Waals surface area contributed by atoms with Crippen LogP contribution >= 0.6 is 11.3 Å². The highest BCUT2D eigenvalue weighted by molar-refractivity contribution is 7.16. The van der Waals surface area contributed by atoms with Crippen LogP contribution in [0, 0.1) is 0 Å². The summed E-state index contributed by atoms with van der Waals surface area (Å²) in [6.45, 7) is 5.39. The second kappa shape index (κ2) is 10.1. The lowest BCUT2D eigenvalue weighted by Gasteiger charge is -2.31. The Morgan fingerprint density at radius 2 is 1.88 bits per heavy atom. The number of halogens is 3. The van der Waals surface area contributed by atoms with E-state index in [1.807, 2.05) is 13.8 Å². The fraction of sp³-hybridized carbons (Fsp3) is 0.435. The minimum absolute atomic E-state index is 0.0880. The molecule has 2 N–H and O–H groups in total. The number of ether oxygens (including phenoxy) is 1. The Morgan fingerprint density at radius 3 is 2.44 bits per heavy atom. The Bertz CT molecular complexity index is 1070. The zero-order valence-electron chi connectivity index (χ0n) is 18.8. The van der Waals surface area contributed by atoms with E-state index in [9.17, 15) is 32.7 Å². The van der Waals surface area contributed by atoms with Crippen molar-refractivity contribution in [2.24, 2.45) is 0 Å². The van der Waals surface area contributed by atoms with Crippen LogP contribution in [0.1, 0.15) is 54.4 Å². The number of nitrogens with zero attached hydrogens (tertiary/aromatic N) is 1. The highest BCUT2D eigenvalue weighted by Gasteiger charge is 2.41. The molecule has 2 aromatic rings. The summed E-state index contributed by atoms with van der Waals surface area (Å²) in [6, 6.07) is 4.61. The number of carboxylic acid groups (broad SMARTS) is 1. The number of hydrogen-bond acceptors (Lipinski definition) is 6. The van der Waals surface area contributed by atoms with E-state index in [2.05, 4.69) is 10.1 Å². The molecule has 1 fully saturated rings. The molecule has 34 heavy (non-hydrogen) atoms. The highest BCUT2D eigenvalue weighted by Crippen LogP contribution is 2.33. The van der Waals surface area contributed by atoms with Crippen LogP contribution in [0.4, 0.5) is 18.2 Å². The number of hydrogen-bond donors (Lipinski definition) is 2. The smallest absolute Gasteiger partial charge is 0.480 e. The average Bonchev–Trinajstić information content (AvgIpc) is 3.35. The fourth-order valence-corrected chi connectivity index (χ4v) is 5.10. The van der Waals surface area contributed by atoms with E-state index in [1.165, 1.54) is 23.5 Å². The van der Waals surface area contributed by atoms with Crippen molar-refractivity contribution in [2.45, 2.75) is 64.5 Å². The van der Waals surface area contributed by atoms with Crippen LogP contribution in [0.2, 0.25) is 0 Å². The van der Waals surface area contributed by atoms with Crippen LogP contribution in [-0.2, 0) is 16.0 Å². The summed E-state index contributed by atoms with van der Waals surface area (Å²) in [6.07, 6.45) is -3.12. The Morgan fingerprint density at radius 1 is 1.24 bits per heavy atom. The van der Waals surface area contributed by atoms with Gasteiger partial charge in [0.25, 0.3) is 0 Å². The molecule has 7 nitrogen and oxygen atoms in total. The first kappa shape index (κ1) is 25.7. The molecular weight excluding hydrogens is 473 g/mol. The van der Waals surface area contributed by atoms with Gasteiger partial charge in [0.05, 0.1) is 11.6 Å². The number of carbonyl (C=O) groups is 3. The minimum atomic E-state index is -4.84. The van der Waals surface area contributed by atoms with Crippen molar-refractivity contribution in [3.05, 3.63) is 46.3 Å². The first-order valence-electron chi connectivity index (χ1n) is 10.8. The number of carbonyl (C=O) groups excluding carboxylic acids is 2. The lowest BCUT2D eigenvalue weighted by atomic mass is 10.0. The highest BCUT2D eigenvalue weighted by atomic mass is 32.1. The SMILES string of the molecule is CCc1cc(C(=O)c2ccc(OC(F)(F)F)cc2)c(NC(=O)C(C)N2C(C)CC[C@@H]2C(=O)O)s1. The van der Waals surface area contributed by atoms with Crippen LogP contribution in [0.15, 0.2) is 30.3 Å². The molecule has 1 aliphatic rings. The number of alkyl halides is 3. The summed E-state index contributed by atoms with van der Waals surface area (Å²) in [7, 11) is 0. The second-order valence-corrected chi connectivity index (χ2v) is 9.24. The van der Waals surface area contributed by atoms with Crippen LogP contribution in [0.25, 0.3) is 0 Å². The maximum Gasteiger partial charge on any atom is 0.573 e. The molecule has 0 spiro atoms. The molecule has 2 unspecified atom stereocenters. The molecule has 0 radical (unpaired) electrons. The molecule has 11 heteroatoms. The number of anilines is 1. The van der Waals surface area contributed by atoms with Gasteiger partial charge in [-0.1, -0.05) is 6.92 Å². The molecule has 0 bridgehead atoms. The monoisotopic (exact) mass is 498 g/mol. The van der Waals surface area contributed by atoms with Gasteiger partial charge in [0.15, 0.2) is 5.78 Å². The molecule has 1 aromatic carbocycles. The molecule has 1 amide bonds. The largest absolute Gasteiger partial charge is 0.573 e. The second-order valence-electron chi connectivity index (χ2n) is 8.10. The summed E-state index contributed by atoms with van der Waals surface area (Å²) in [5.41, 5.74) is 0.355. The van der Waals surface area contributed by atoms with Gasteiger partial charge in [-0.25, -0.2) is 0 Å². The number of benzene rings is 1. The average molecular weight is 499 g/mol. The molecule has 1 aliphatic heterocycles. The normalized spacial score (nSPS) is 19.6. The Kier molecular flexibility index (Phi) is 7.67. The topological polar surface area (TPSA) is 95.9 Å². The number of thiophene rings is 1. The molecule has 0 saturated carbocycles. The summed E-state index contributed by atoms with van der Waals surface area (Å²) in [5, 5.41) is 12.6. The molecular formula is C23H25F3N2O5S. The maximum absolute atomic E-state index is 13.1. The van der Waals surface area contributed by atoms with Gasteiger partial charge < -0.3 is 15.2 Å². The third-order valence-corrected chi connectivity index (χ3v) is 7.00. The van der Waals surface area contributed by atoms with Crippen molar-refractivity contribution < 1.29 is 37.4 Å². The first-order valence-corrected chi connectivity index (χ1v) is 11.6. The predicted octanol–water partition coefficient (Wildman–Crippen LogP) is 4.70. The predicted molar refractivity (Wildman–Crippen MR) is 120 cm³/mol. The summed E-state index contributed by atoms with van der Waals surface area (Å²) in [5.74, 6) is -2.33. The van der Waals surface area contributed by atoms with E-state index < -0.39 is 41.9 Å². The van der Waals surface area contributed by atoms with Crippen molar-refractivity contribution in [1.29, 1.82) is 0 Å². The van der Waals surface area contributed by atoms with Crippen molar-refractivity contribution in [3.8, 4) is 5.75 Å². The van der Waals surface area contributed by atoms with Gasteiger partial charge in [-0.15, -0.1) is 24.5 Å². The molecule has 0 aliphatic carbocycles. The minimum Gasteiger partial charge on any atom is -0.480 e. The van der Waals surface area contributed by atoms with Crippen LogP contribution < -0.4 is 10.1 Å². The van der Waals surface area contributed by atoms with E-state index in [1.54, 1.807) is 17.9 Å². The first-order chi connectivity index (χ1) is 15.9. The van der Waals surface area contributed by atoms with Gasteiger partial charge in [-0.2, -0.15) is 0 Å². The van der Waals surface area contributed by atoms with E-state index in [0.717, 1.165) is 17.0 Å². The van der Waals surface area contributed by atoms with Crippen LogP contribution in [0.5, 0.6) is 5.75 Å². The Balaban J connectivity index is 1.81. The number of aryl methyl sites for hydroxylation is 1. The van der Waals surface area contributed by atoms with Gasteiger partial charge in [0.2, 0.25) is 5.91 Å². The number of aliphatic carboxylic acids is 1. The number of nitrogens with one attached hydrogen (secondary N) is 1. The van der Waals surface area contributed by atoms with E-state index >= 15 is 0 Å². The number of likely N-dealkylation sites (tertiary alicyclic amines) is 1. The molecule has 3 atom stereocenters. The number of rotatable bonds is 8. The molecule has 1 aromatic heterocycles. The van der Waals surface area contributed by atoms with Gasteiger partial charge >= 0.3 is 12.3 Å². The number of amides is 1. The molecule has 2 heterocycles. The van der Waals surface area contributed by atoms with E-state index in [0.29, 0.717) is 24.3 Å². The molecule has 1 saturated heterocycles. The quantitative estimate of drug-likeness (QED) is 0.512. The van der Waals surface area contributed by atoms with Crippen molar-refractivity contribution in [3.63, 3.8) is 0 Å². The van der Waals surface area contributed by atoms with E-state index in [-0.39, 0.29) is 17.2 Å². The van der Waals surface area contributed by atoms with Crippen molar-refractivity contribution >= 4 is 34.0 Å². The molecule has 3 rings (SSSR count). The number of ketones is 1. The van der Waals surface area contributed by atoms with Crippen LogP contribution in [0.3, 0.4) is 0 Å². The summed E-state index contributed by atoms with van der Waals surface area (Å²) < 4.78 is 41.0. The third kappa shape index (κ3) is 5.76. The lowest BCUT2D eigenvalue weighted by Crippen LogP contribution is -2.50. The summed E-state index contributed by atoms with van der Waals surface area (Å²) in [4.78, 5) is 40.2. The van der Waals surface area contributed by atoms with E-state index in [4.69, 9.17) is 0 Å². The number of carboxylic acids is 1. The van der Waals surface area contributed by atoms with Gasteiger partial charge in [0, 0.05) is 16.5 Å². The summed E-state index contributed by atoms with van der Waals surface area (Å²) >= 11 is 1.23. The fourth-order valence-electron chi connectivity index (χ4n) is 4.10. The Labute approximate surface area is 198 Å².